The van der Waals surface area contributed by atoms with Crippen LogP contribution in [0.5, 0.6) is 5.75 Å². The van der Waals surface area contributed by atoms with E-state index in [2.05, 4.69) is 21.2 Å². The molecule has 1 atom stereocenters. The van der Waals surface area contributed by atoms with E-state index >= 15 is 0 Å². The van der Waals surface area contributed by atoms with Gasteiger partial charge in [0.15, 0.2) is 12.4 Å². The highest BCUT2D eigenvalue weighted by Gasteiger charge is 2.22. The molecule has 1 aliphatic heterocycles. The number of carbonyl (C=O) groups is 2. The number of aldehydes is 1. The number of nitrogens with one attached hydrogen (secondary N) is 1. The van der Waals surface area contributed by atoms with Gasteiger partial charge in [0.2, 0.25) is 0 Å². The first-order valence-corrected chi connectivity index (χ1v) is 6.69. The first-order valence-electron chi connectivity index (χ1n) is 5.90. The van der Waals surface area contributed by atoms with Crippen LogP contribution in [0.25, 0.3) is 0 Å². The summed E-state index contributed by atoms with van der Waals surface area (Å²) in [6.45, 7) is 0.707. The van der Waals surface area contributed by atoms with Gasteiger partial charge in [-0.15, -0.1) is 0 Å². The summed E-state index contributed by atoms with van der Waals surface area (Å²) in [6.07, 6.45) is 2.93. The fourth-order valence-electron chi connectivity index (χ4n) is 1.87. The van der Waals surface area contributed by atoms with Crippen LogP contribution < -0.4 is 10.1 Å². The predicted octanol–water partition coefficient (Wildman–Crippen LogP) is 2.31. The van der Waals surface area contributed by atoms with Crippen LogP contribution in [0.15, 0.2) is 22.7 Å². The molecular weight excluding hydrogens is 298 g/mol. The lowest BCUT2D eigenvalue weighted by molar-refractivity contribution is -0.127. The molecule has 96 valence electrons. The Balaban J connectivity index is 2.12. The molecule has 1 aromatic rings. The molecule has 1 fully saturated rings. The van der Waals surface area contributed by atoms with Gasteiger partial charge in [-0.3, -0.25) is 9.59 Å². The lowest BCUT2D eigenvalue weighted by Crippen LogP contribution is -2.36. The third-order valence-electron chi connectivity index (χ3n) is 2.86. The molecule has 0 aliphatic carbocycles. The number of halogens is 1. The summed E-state index contributed by atoms with van der Waals surface area (Å²) in [5.74, 6) is 0.463. The third-order valence-corrected chi connectivity index (χ3v) is 3.58. The zero-order valence-electron chi connectivity index (χ0n) is 9.82. The van der Waals surface area contributed by atoms with Gasteiger partial charge in [0.25, 0.3) is 5.91 Å². The minimum Gasteiger partial charge on any atom is -0.481 e. The molecule has 18 heavy (non-hydrogen) atoms. The fraction of sp³-hybridized carbons (Fsp3) is 0.385. The van der Waals surface area contributed by atoms with E-state index in [9.17, 15) is 9.59 Å². The van der Waals surface area contributed by atoms with Crippen LogP contribution >= 0.6 is 15.9 Å². The zero-order valence-corrected chi connectivity index (χ0v) is 11.4. The van der Waals surface area contributed by atoms with Gasteiger partial charge in [-0.1, -0.05) is 15.9 Å². The zero-order chi connectivity index (χ0) is 13.0. The number of hydrogen-bond donors (Lipinski definition) is 1. The van der Waals surface area contributed by atoms with Gasteiger partial charge in [-0.2, -0.15) is 0 Å². The number of benzene rings is 1. The van der Waals surface area contributed by atoms with Crippen LogP contribution in [0.3, 0.4) is 0 Å². The summed E-state index contributed by atoms with van der Waals surface area (Å²) in [5, 5.41) is 2.81. The SMILES string of the molecule is O=Cc1cc(OC2CCCCNC2=O)ccc1Br. The van der Waals surface area contributed by atoms with Crippen molar-refractivity contribution in [3.63, 3.8) is 0 Å². The fourth-order valence-corrected chi connectivity index (χ4v) is 2.21. The molecule has 4 nitrogen and oxygen atoms in total. The quantitative estimate of drug-likeness (QED) is 0.872. The first-order chi connectivity index (χ1) is 8.70. The molecule has 0 radical (unpaired) electrons. The molecule has 1 heterocycles. The molecule has 2 rings (SSSR count). The van der Waals surface area contributed by atoms with Crippen molar-refractivity contribution in [1.29, 1.82) is 0 Å². The first kappa shape index (κ1) is 13.1. The Bertz CT molecular complexity index is 462. The Labute approximate surface area is 114 Å². The van der Waals surface area contributed by atoms with Gasteiger partial charge in [0.1, 0.15) is 5.75 Å². The molecule has 0 spiro atoms. The Kier molecular flexibility index (Phi) is 4.36. The van der Waals surface area contributed by atoms with Crippen molar-refractivity contribution in [2.75, 3.05) is 6.54 Å². The minimum absolute atomic E-state index is 0.0805. The molecule has 1 aromatic carbocycles. The Morgan fingerprint density at radius 3 is 3.00 bits per heavy atom. The summed E-state index contributed by atoms with van der Waals surface area (Å²) in [6, 6.07) is 5.12. The van der Waals surface area contributed by atoms with Gasteiger partial charge in [0.05, 0.1) is 0 Å². The van der Waals surface area contributed by atoms with E-state index in [4.69, 9.17) is 4.74 Å². The molecule has 1 aliphatic rings. The standard InChI is InChI=1S/C13H14BrNO3/c14-11-5-4-10(7-9(11)8-16)18-12-3-1-2-6-15-13(12)17/h4-5,7-8,12H,1-3,6H2,(H,15,17). The normalized spacial score (nSPS) is 19.8. The van der Waals surface area contributed by atoms with Gasteiger partial charge in [-0.25, -0.2) is 0 Å². The summed E-state index contributed by atoms with van der Waals surface area (Å²) < 4.78 is 6.37. The van der Waals surface area contributed by atoms with Crippen molar-refractivity contribution in [2.45, 2.75) is 25.4 Å². The second-order valence-electron chi connectivity index (χ2n) is 4.19. The smallest absolute Gasteiger partial charge is 0.261 e. The van der Waals surface area contributed by atoms with Crippen molar-refractivity contribution in [3.05, 3.63) is 28.2 Å². The van der Waals surface area contributed by atoms with E-state index < -0.39 is 6.10 Å². The van der Waals surface area contributed by atoms with Crippen LogP contribution in [-0.4, -0.2) is 24.8 Å². The van der Waals surface area contributed by atoms with Crippen molar-refractivity contribution in [1.82, 2.24) is 5.32 Å². The maximum atomic E-state index is 11.7. The molecule has 5 heteroatoms. The largest absolute Gasteiger partial charge is 0.481 e. The number of ether oxygens (including phenoxy) is 1. The van der Waals surface area contributed by atoms with Gasteiger partial charge >= 0.3 is 0 Å². The van der Waals surface area contributed by atoms with Crippen molar-refractivity contribution >= 4 is 28.1 Å². The second-order valence-corrected chi connectivity index (χ2v) is 5.05. The number of amides is 1. The lowest BCUT2D eigenvalue weighted by Gasteiger charge is -2.16. The number of carbonyl (C=O) groups excluding carboxylic acids is 2. The molecule has 1 amide bonds. The highest BCUT2D eigenvalue weighted by molar-refractivity contribution is 9.10. The minimum atomic E-state index is -0.465. The summed E-state index contributed by atoms with van der Waals surface area (Å²) in [4.78, 5) is 22.6. The van der Waals surface area contributed by atoms with E-state index in [1.54, 1.807) is 18.2 Å². The lowest BCUT2D eigenvalue weighted by atomic mass is 10.1. The van der Waals surface area contributed by atoms with Crippen molar-refractivity contribution in [2.24, 2.45) is 0 Å². The average molecular weight is 312 g/mol. The van der Waals surface area contributed by atoms with E-state index in [0.717, 1.165) is 23.6 Å². The number of rotatable bonds is 3. The topological polar surface area (TPSA) is 55.4 Å². The Morgan fingerprint density at radius 2 is 2.22 bits per heavy atom. The molecule has 0 saturated carbocycles. The van der Waals surface area contributed by atoms with Crippen LogP contribution in [0.1, 0.15) is 29.6 Å². The maximum absolute atomic E-state index is 11.7. The van der Waals surface area contributed by atoms with Gasteiger partial charge in [0, 0.05) is 16.6 Å². The molecule has 1 N–H and O–H groups in total. The Hall–Kier alpha value is -1.36. The molecule has 1 saturated heterocycles. The van der Waals surface area contributed by atoms with Crippen LogP contribution in [0.2, 0.25) is 0 Å². The highest BCUT2D eigenvalue weighted by atomic mass is 79.9. The van der Waals surface area contributed by atoms with Crippen LogP contribution in [0.4, 0.5) is 0 Å². The van der Waals surface area contributed by atoms with Gasteiger partial charge in [-0.05, 0) is 37.5 Å². The molecule has 1 unspecified atom stereocenters. The summed E-state index contributed by atoms with van der Waals surface area (Å²) >= 11 is 3.27. The van der Waals surface area contributed by atoms with Crippen molar-refractivity contribution in [3.8, 4) is 5.75 Å². The van der Waals surface area contributed by atoms with Crippen LogP contribution in [-0.2, 0) is 4.79 Å². The Morgan fingerprint density at radius 1 is 1.39 bits per heavy atom. The molecule has 0 aromatic heterocycles. The van der Waals surface area contributed by atoms with Crippen LogP contribution in [0, 0.1) is 0 Å². The average Bonchev–Trinajstić information content (AvgIpc) is 2.57. The molecular formula is C13H14BrNO3. The third kappa shape index (κ3) is 3.10. The number of hydrogen-bond acceptors (Lipinski definition) is 3. The monoisotopic (exact) mass is 311 g/mol. The van der Waals surface area contributed by atoms with E-state index in [0.29, 0.717) is 24.3 Å². The maximum Gasteiger partial charge on any atom is 0.261 e. The molecule has 0 bridgehead atoms. The second kappa shape index (κ2) is 6.00. The summed E-state index contributed by atoms with van der Waals surface area (Å²) in [5.41, 5.74) is 0.515. The summed E-state index contributed by atoms with van der Waals surface area (Å²) in [7, 11) is 0. The predicted molar refractivity (Wildman–Crippen MR) is 70.8 cm³/mol. The van der Waals surface area contributed by atoms with E-state index in [1.165, 1.54) is 0 Å². The highest BCUT2D eigenvalue weighted by Crippen LogP contribution is 2.23. The van der Waals surface area contributed by atoms with Gasteiger partial charge < -0.3 is 10.1 Å². The van der Waals surface area contributed by atoms with E-state index in [-0.39, 0.29) is 5.91 Å². The van der Waals surface area contributed by atoms with E-state index in [1.807, 2.05) is 0 Å². The van der Waals surface area contributed by atoms with Crippen molar-refractivity contribution < 1.29 is 14.3 Å².